The fourth-order valence-electron chi connectivity index (χ4n) is 2.31. The van der Waals surface area contributed by atoms with Crippen LogP contribution in [-0.4, -0.2) is 17.8 Å². The number of rotatable bonds is 2. The molecule has 2 aromatic carbocycles. The van der Waals surface area contributed by atoms with E-state index in [1.165, 1.54) is 6.08 Å². The van der Waals surface area contributed by atoms with Gasteiger partial charge in [-0.15, -0.1) is 0 Å². The maximum absolute atomic E-state index is 12.7. The van der Waals surface area contributed by atoms with Gasteiger partial charge >= 0.3 is 6.03 Å². The number of carbonyl (C=O) groups is 3. The summed E-state index contributed by atoms with van der Waals surface area (Å²) in [7, 11) is 0. The molecule has 1 N–H and O–H groups in total. The Morgan fingerprint density at radius 3 is 2.21 bits per heavy atom. The van der Waals surface area contributed by atoms with Crippen LogP contribution in [0.1, 0.15) is 11.1 Å². The number of nitrogens with zero attached hydrogens (tertiary/aromatic N) is 1. The van der Waals surface area contributed by atoms with Gasteiger partial charge in [-0.05, 0) is 42.8 Å². The van der Waals surface area contributed by atoms with Gasteiger partial charge in [-0.25, -0.2) is 9.69 Å². The minimum atomic E-state index is -0.762. The number of nitrogens with one attached hydrogen (secondary N) is 1. The van der Waals surface area contributed by atoms with Crippen LogP contribution in [0.5, 0.6) is 0 Å². The van der Waals surface area contributed by atoms with Gasteiger partial charge in [0, 0.05) is 5.02 Å². The third-order valence-electron chi connectivity index (χ3n) is 3.57. The molecule has 0 bridgehead atoms. The molecule has 0 spiro atoms. The number of aryl methyl sites for hydroxylation is 1. The summed E-state index contributed by atoms with van der Waals surface area (Å²) in [6.07, 6.45) is 1.43. The molecule has 1 aliphatic rings. The second kappa shape index (κ2) is 6.29. The first-order valence-electron chi connectivity index (χ1n) is 7.19. The number of hydrogen-bond acceptors (Lipinski definition) is 3. The van der Waals surface area contributed by atoms with Gasteiger partial charge in [-0.2, -0.15) is 0 Å². The Morgan fingerprint density at radius 2 is 1.58 bits per heavy atom. The summed E-state index contributed by atoms with van der Waals surface area (Å²) in [5, 5.41) is 2.74. The molecule has 4 amide bonds. The van der Waals surface area contributed by atoms with Gasteiger partial charge in [0.05, 0.1) is 5.69 Å². The Kier molecular flexibility index (Phi) is 4.18. The average molecular weight is 341 g/mol. The fourth-order valence-corrected chi connectivity index (χ4v) is 2.44. The van der Waals surface area contributed by atoms with Gasteiger partial charge in [-0.1, -0.05) is 41.4 Å². The lowest BCUT2D eigenvalue weighted by Crippen LogP contribution is -2.54. The number of benzene rings is 2. The third-order valence-corrected chi connectivity index (χ3v) is 3.83. The molecule has 1 saturated heterocycles. The third kappa shape index (κ3) is 3.07. The number of imide groups is 2. The van der Waals surface area contributed by atoms with Crippen molar-refractivity contribution >= 4 is 41.2 Å². The van der Waals surface area contributed by atoms with E-state index in [9.17, 15) is 14.4 Å². The first-order valence-corrected chi connectivity index (χ1v) is 7.57. The molecule has 2 aromatic rings. The minimum Gasteiger partial charge on any atom is -0.273 e. The summed E-state index contributed by atoms with van der Waals surface area (Å²) in [5.74, 6) is -1.38. The Morgan fingerprint density at radius 1 is 0.958 bits per heavy atom. The van der Waals surface area contributed by atoms with Crippen molar-refractivity contribution in [1.82, 2.24) is 5.32 Å². The highest BCUT2D eigenvalue weighted by Gasteiger charge is 2.36. The highest BCUT2D eigenvalue weighted by molar-refractivity contribution is 6.39. The topological polar surface area (TPSA) is 66.5 Å². The van der Waals surface area contributed by atoms with Crippen molar-refractivity contribution < 1.29 is 14.4 Å². The smallest absolute Gasteiger partial charge is 0.273 e. The molecule has 0 aromatic heterocycles. The van der Waals surface area contributed by atoms with E-state index in [1.807, 2.05) is 6.92 Å². The Labute approximate surface area is 143 Å². The van der Waals surface area contributed by atoms with Gasteiger partial charge in [-0.3, -0.25) is 14.9 Å². The van der Waals surface area contributed by atoms with Gasteiger partial charge in [0.2, 0.25) is 0 Å². The molecule has 1 fully saturated rings. The maximum atomic E-state index is 12.7. The zero-order valence-electron chi connectivity index (χ0n) is 12.7. The van der Waals surface area contributed by atoms with Crippen LogP contribution in [0.25, 0.3) is 6.08 Å². The molecular formula is C18H13ClN2O3. The van der Waals surface area contributed by atoms with Gasteiger partial charge in [0.15, 0.2) is 0 Å². The minimum absolute atomic E-state index is 0.113. The highest BCUT2D eigenvalue weighted by atomic mass is 35.5. The monoisotopic (exact) mass is 340 g/mol. The van der Waals surface area contributed by atoms with E-state index in [0.717, 1.165) is 10.5 Å². The van der Waals surface area contributed by atoms with E-state index in [0.29, 0.717) is 16.3 Å². The number of amides is 4. The number of carbonyl (C=O) groups excluding carboxylic acids is 3. The molecule has 0 radical (unpaired) electrons. The van der Waals surface area contributed by atoms with Crippen molar-refractivity contribution in [3.05, 3.63) is 70.3 Å². The molecule has 3 rings (SSSR count). The number of urea groups is 1. The van der Waals surface area contributed by atoms with E-state index in [4.69, 9.17) is 11.6 Å². The van der Waals surface area contributed by atoms with Crippen LogP contribution >= 0.6 is 11.6 Å². The lowest BCUT2D eigenvalue weighted by atomic mass is 10.1. The summed E-state index contributed by atoms with van der Waals surface area (Å²) < 4.78 is 0. The summed E-state index contributed by atoms with van der Waals surface area (Å²) in [6.45, 7) is 1.90. The number of hydrogen-bond donors (Lipinski definition) is 1. The van der Waals surface area contributed by atoms with Crippen LogP contribution in [0.4, 0.5) is 10.5 Å². The molecule has 6 heteroatoms. The molecule has 1 heterocycles. The van der Waals surface area contributed by atoms with Crippen molar-refractivity contribution in [1.29, 1.82) is 0 Å². The summed E-state index contributed by atoms with van der Waals surface area (Å²) in [5.41, 5.74) is 1.92. The van der Waals surface area contributed by atoms with Crippen LogP contribution in [-0.2, 0) is 9.59 Å². The molecule has 0 unspecified atom stereocenters. The molecular weight excluding hydrogens is 328 g/mol. The summed E-state index contributed by atoms with van der Waals surface area (Å²) in [6, 6.07) is 12.8. The van der Waals surface area contributed by atoms with Gasteiger partial charge in [0.1, 0.15) is 5.57 Å². The van der Waals surface area contributed by atoms with E-state index >= 15 is 0 Å². The maximum Gasteiger partial charge on any atom is 0.335 e. The first-order chi connectivity index (χ1) is 11.5. The summed E-state index contributed by atoms with van der Waals surface area (Å²) >= 11 is 5.83. The molecule has 1 aliphatic heterocycles. The number of barbiturate groups is 1. The van der Waals surface area contributed by atoms with E-state index in [2.05, 4.69) is 5.32 Å². The Balaban J connectivity index is 1.99. The van der Waals surface area contributed by atoms with Gasteiger partial charge in [0.25, 0.3) is 11.8 Å². The zero-order chi connectivity index (χ0) is 17.3. The van der Waals surface area contributed by atoms with Crippen molar-refractivity contribution in [3.63, 3.8) is 0 Å². The fraction of sp³-hybridized carbons (Fsp3) is 0.0556. The molecule has 24 heavy (non-hydrogen) atoms. The van der Waals surface area contributed by atoms with Crippen LogP contribution in [0.15, 0.2) is 54.1 Å². The predicted octanol–water partition coefficient (Wildman–Crippen LogP) is 3.31. The SMILES string of the molecule is Cc1ccc(N2C(=O)NC(=O)C(=Cc3ccc(Cl)cc3)C2=O)cc1. The molecule has 120 valence electrons. The molecule has 0 aliphatic carbocycles. The number of halogens is 1. The second-order valence-corrected chi connectivity index (χ2v) is 5.78. The highest BCUT2D eigenvalue weighted by Crippen LogP contribution is 2.22. The zero-order valence-corrected chi connectivity index (χ0v) is 13.5. The first kappa shape index (κ1) is 16.0. The van der Waals surface area contributed by atoms with Crippen LogP contribution in [0.3, 0.4) is 0 Å². The predicted molar refractivity (Wildman–Crippen MR) is 91.6 cm³/mol. The van der Waals surface area contributed by atoms with Crippen molar-refractivity contribution in [2.24, 2.45) is 0 Å². The van der Waals surface area contributed by atoms with Crippen molar-refractivity contribution in [3.8, 4) is 0 Å². The second-order valence-electron chi connectivity index (χ2n) is 5.34. The largest absolute Gasteiger partial charge is 0.335 e. The van der Waals surface area contributed by atoms with Crippen molar-refractivity contribution in [2.75, 3.05) is 4.90 Å². The van der Waals surface area contributed by atoms with E-state index < -0.39 is 17.8 Å². The number of anilines is 1. The van der Waals surface area contributed by atoms with Crippen molar-refractivity contribution in [2.45, 2.75) is 6.92 Å². The van der Waals surface area contributed by atoms with E-state index in [1.54, 1.807) is 48.5 Å². The van der Waals surface area contributed by atoms with Crippen LogP contribution in [0, 0.1) is 6.92 Å². The summed E-state index contributed by atoms with van der Waals surface area (Å²) in [4.78, 5) is 37.7. The quantitative estimate of drug-likeness (QED) is 0.673. The Bertz CT molecular complexity index is 855. The lowest BCUT2D eigenvalue weighted by Gasteiger charge is -2.26. The molecule has 0 atom stereocenters. The molecule has 0 saturated carbocycles. The van der Waals surface area contributed by atoms with Gasteiger partial charge < -0.3 is 0 Å². The normalized spacial score (nSPS) is 16.5. The van der Waals surface area contributed by atoms with Crippen LogP contribution in [0.2, 0.25) is 5.02 Å². The average Bonchev–Trinajstić information content (AvgIpc) is 2.55. The van der Waals surface area contributed by atoms with E-state index in [-0.39, 0.29) is 5.57 Å². The lowest BCUT2D eigenvalue weighted by molar-refractivity contribution is -0.122. The van der Waals surface area contributed by atoms with Crippen LogP contribution < -0.4 is 10.2 Å². The Hall–Kier alpha value is -2.92. The standard InChI is InChI=1S/C18H13ClN2O3/c1-11-2-8-14(9-3-11)21-17(23)15(16(22)20-18(21)24)10-12-4-6-13(19)7-5-12/h2-10H,1H3,(H,20,22,24). The molecule has 5 nitrogen and oxygen atoms in total.